The van der Waals surface area contributed by atoms with Gasteiger partial charge < -0.3 is 9.47 Å². The average Bonchev–Trinajstić information content (AvgIpc) is 3.15. The predicted octanol–water partition coefficient (Wildman–Crippen LogP) is 4.15. The van der Waals surface area contributed by atoms with Gasteiger partial charge in [0.1, 0.15) is 0 Å². The van der Waals surface area contributed by atoms with Gasteiger partial charge in [-0.3, -0.25) is 4.68 Å². The minimum atomic E-state index is -4.46. The summed E-state index contributed by atoms with van der Waals surface area (Å²) in [6.07, 6.45) is 0.166. The van der Waals surface area contributed by atoms with E-state index in [1.54, 1.807) is 48.1 Å². The van der Waals surface area contributed by atoms with Crippen LogP contribution >= 0.6 is 0 Å². The van der Waals surface area contributed by atoms with Crippen molar-refractivity contribution in [3.05, 3.63) is 60.2 Å². The Morgan fingerprint density at radius 2 is 1.87 bits per heavy atom. The van der Waals surface area contributed by atoms with E-state index >= 15 is 0 Å². The van der Waals surface area contributed by atoms with E-state index in [9.17, 15) is 18.0 Å². The highest BCUT2D eigenvalue weighted by Gasteiger charge is 2.29. The smallest absolute Gasteiger partial charge is 0.422 e. The van der Waals surface area contributed by atoms with E-state index in [1.807, 2.05) is 0 Å². The molecule has 0 N–H and O–H groups in total. The Labute approximate surface area is 174 Å². The molecule has 0 aliphatic heterocycles. The maximum atomic E-state index is 12.5. The highest BCUT2D eigenvalue weighted by atomic mass is 19.4. The minimum absolute atomic E-state index is 0.0869. The molecule has 4 rings (SSSR count). The zero-order valence-electron chi connectivity index (χ0n) is 16.4. The lowest BCUT2D eigenvalue weighted by molar-refractivity contribution is -0.153. The van der Waals surface area contributed by atoms with Crippen LogP contribution in [0.1, 0.15) is 23.0 Å². The van der Waals surface area contributed by atoms with Gasteiger partial charge in [-0.2, -0.15) is 18.3 Å². The van der Waals surface area contributed by atoms with Crippen LogP contribution in [0, 0.1) is 0 Å². The normalized spacial score (nSPS) is 11.7. The zero-order chi connectivity index (χ0) is 22.0. The second-order valence-corrected chi connectivity index (χ2v) is 6.68. The Hall–Kier alpha value is -3.69. The molecule has 0 spiro atoms. The van der Waals surface area contributed by atoms with Gasteiger partial charge in [-0.1, -0.05) is 18.2 Å². The molecule has 4 aromatic rings. The molecule has 160 valence electrons. The number of fused-ring (bicyclic) bond motifs is 2. The number of hydrogen-bond donors (Lipinski definition) is 0. The van der Waals surface area contributed by atoms with Crippen molar-refractivity contribution in [3.63, 3.8) is 0 Å². The number of carbonyl (C=O) groups excluding carboxylic acids is 1. The molecule has 0 aliphatic rings. The fourth-order valence-corrected chi connectivity index (χ4v) is 3.23. The van der Waals surface area contributed by atoms with Crippen molar-refractivity contribution in [1.82, 2.24) is 19.7 Å². The van der Waals surface area contributed by atoms with Gasteiger partial charge in [-0.25, -0.2) is 14.8 Å². The molecule has 3 heterocycles. The number of halogens is 3. The number of ether oxygens (including phenoxy) is 2. The Bertz CT molecular complexity index is 1250. The summed E-state index contributed by atoms with van der Waals surface area (Å²) in [5.41, 5.74) is 1.47. The topological polar surface area (TPSA) is 79.1 Å². The molecule has 31 heavy (non-hydrogen) atoms. The number of benzene rings is 1. The second-order valence-electron chi connectivity index (χ2n) is 6.68. The Morgan fingerprint density at radius 1 is 1.10 bits per heavy atom. The van der Waals surface area contributed by atoms with Gasteiger partial charge in [0.05, 0.1) is 24.1 Å². The molecule has 0 radical (unpaired) electrons. The lowest BCUT2D eigenvalue weighted by atomic mass is 10.1. The summed E-state index contributed by atoms with van der Waals surface area (Å²) in [6.45, 7) is 0.800. The monoisotopic (exact) mass is 430 g/mol. The number of pyridine rings is 2. The predicted molar refractivity (Wildman–Crippen MR) is 106 cm³/mol. The fraction of sp³-hybridized carbons (Fsp3) is 0.238. The second kappa shape index (κ2) is 8.21. The molecule has 3 aromatic heterocycles. The van der Waals surface area contributed by atoms with Gasteiger partial charge in [0.2, 0.25) is 5.88 Å². The number of esters is 1. The Morgan fingerprint density at radius 3 is 2.61 bits per heavy atom. The molecule has 0 atom stereocenters. The molecular weight excluding hydrogens is 413 g/mol. The summed E-state index contributed by atoms with van der Waals surface area (Å²) in [4.78, 5) is 20.3. The van der Waals surface area contributed by atoms with Crippen LogP contribution in [0.25, 0.3) is 21.7 Å². The number of nitrogens with zero attached hydrogens (tertiary/aromatic N) is 4. The van der Waals surface area contributed by atoms with Crippen molar-refractivity contribution in [2.75, 3.05) is 13.2 Å². The van der Waals surface area contributed by atoms with Gasteiger partial charge in [0.25, 0.3) is 0 Å². The van der Waals surface area contributed by atoms with E-state index in [2.05, 4.69) is 15.1 Å². The van der Waals surface area contributed by atoms with Crippen molar-refractivity contribution in [2.24, 2.45) is 0 Å². The van der Waals surface area contributed by atoms with E-state index in [4.69, 9.17) is 9.47 Å². The summed E-state index contributed by atoms with van der Waals surface area (Å²) in [6, 6.07) is 8.59. The van der Waals surface area contributed by atoms with Gasteiger partial charge in [-0.05, 0) is 30.0 Å². The molecule has 1 aromatic carbocycles. The van der Waals surface area contributed by atoms with Crippen LogP contribution in [0.5, 0.6) is 5.88 Å². The third-order valence-electron chi connectivity index (χ3n) is 4.50. The first kappa shape index (κ1) is 20.6. The Kier molecular flexibility index (Phi) is 5.45. The molecule has 0 amide bonds. The first-order chi connectivity index (χ1) is 14.9. The number of carbonyl (C=O) groups is 1. The molecule has 0 saturated heterocycles. The average molecular weight is 430 g/mol. The van der Waals surface area contributed by atoms with E-state index in [0.717, 1.165) is 5.56 Å². The van der Waals surface area contributed by atoms with Crippen LogP contribution in [0.4, 0.5) is 13.2 Å². The van der Waals surface area contributed by atoms with Crippen LogP contribution < -0.4 is 4.74 Å². The van der Waals surface area contributed by atoms with Gasteiger partial charge in [-0.15, -0.1) is 0 Å². The number of hydrogen-bond acceptors (Lipinski definition) is 6. The van der Waals surface area contributed by atoms with Crippen LogP contribution in [0.2, 0.25) is 0 Å². The van der Waals surface area contributed by atoms with E-state index in [1.165, 1.54) is 12.4 Å². The Balaban J connectivity index is 1.68. The molecule has 10 heteroatoms. The number of alkyl halides is 3. The van der Waals surface area contributed by atoms with Gasteiger partial charge in [0, 0.05) is 24.0 Å². The van der Waals surface area contributed by atoms with Crippen molar-refractivity contribution in [3.8, 4) is 5.88 Å². The van der Waals surface area contributed by atoms with Crippen LogP contribution in [-0.4, -0.2) is 45.1 Å². The fourth-order valence-electron chi connectivity index (χ4n) is 3.23. The van der Waals surface area contributed by atoms with E-state index in [0.29, 0.717) is 21.7 Å². The summed E-state index contributed by atoms with van der Waals surface area (Å²) in [5.74, 6) is -0.623. The molecule has 0 saturated carbocycles. The SMILES string of the molecule is CCOC(=O)c1nccc2nn(Cc3cnc(OCC(F)(F)F)c4ccccc34)cc12. The molecule has 0 fully saturated rings. The van der Waals surface area contributed by atoms with Crippen LogP contribution in [0.15, 0.2) is 48.9 Å². The molecular formula is C21H17F3N4O3. The molecule has 0 bridgehead atoms. The molecule has 0 aliphatic carbocycles. The summed E-state index contributed by atoms with van der Waals surface area (Å²) >= 11 is 0. The van der Waals surface area contributed by atoms with Gasteiger partial charge >= 0.3 is 12.1 Å². The van der Waals surface area contributed by atoms with Crippen molar-refractivity contribution < 1.29 is 27.4 Å². The van der Waals surface area contributed by atoms with Crippen molar-refractivity contribution >= 4 is 27.6 Å². The first-order valence-electron chi connectivity index (χ1n) is 9.41. The van der Waals surface area contributed by atoms with Crippen molar-refractivity contribution in [2.45, 2.75) is 19.6 Å². The third kappa shape index (κ3) is 4.42. The number of rotatable bonds is 6. The van der Waals surface area contributed by atoms with Crippen LogP contribution in [0.3, 0.4) is 0 Å². The number of aromatic nitrogens is 4. The summed E-state index contributed by atoms with van der Waals surface area (Å²) in [7, 11) is 0. The highest BCUT2D eigenvalue weighted by molar-refractivity contribution is 6.01. The van der Waals surface area contributed by atoms with Crippen molar-refractivity contribution in [1.29, 1.82) is 0 Å². The van der Waals surface area contributed by atoms with Crippen LogP contribution in [-0.2, 0) is 11.3 Å². The standard InChI is InChI=1S/C21H17F3N4O3/c1-2-30-20(29)18-16-11-28(27-17(16)7-8-25-18)10-13-9-26-19(31-12-21(22,23)24)15-6-4-3-5-14(13)15/h3-9,11H,2,10,12H2,1H3. The maximum absolute atomic E-state index is 12.5. The third-order valence-corrected chi connectivity index (χ3v) is 4.50. The molecule has 0 unspecified atom stereocenters. The minimum Gasteiger partial charge on any atom is -0.468 e. The highest BCUT2D eigenvalue weighted by Crippen LogP contribution is 2.28. The van der Waals surface area contributed by atoms with E-state index < -0.39 is 18.8 Å². The largest absolute Gasteiger partial charge is 0.468 e. The van der Waals surface area contributed by atoms with Gasteiger partial charge in [0.15, 0.2) is 12.3 Å². The lowest BCUT2D eigenvalue weighted by Gasteiger charge is -2.13. The quantitative estimate of drug-likeness (QED) is 0.428. The van der Waals surface area contributed by atoms with E-state index in [-0.39, 0.29) is 24.7 Å². The zero-order valence-corrected chi connectivity index (χ0v) is 16.4. The molecule has 7 nitrogen and oxygen atoms in total. The summed E-state index contributed by atoms with van der Waals surface area (Å²) in [5, 5.41) is 6.17. The lowest BCUT2D eigenvalue weighted by Crippen LogP contribution is -2.19. The maximum Gasteiger partial charge on any atom is 0.422 e. The first-order valence-corrected chi connectivity index (χ1v) is 9.41. The summed E-state index contributed by atoms with van der Waals surface area (Å²) < 4.78 is 49.2.